The highest BCUT2D eigenvalue weighted by atomic mass is 31.2. The Labute approximate surface area is 239 Å². The van der Waals surface area contributed by atoms with Gasteiger partial charge in [-0.2, -0.15) is 0 Å². The SMILES string of the molecule is CCCCC/C=C\CCCCCCCCOCC(COP(=O)(O)OCCN)OC(=O)CCCCCCCCC. The smallest absolute Gasteiger partial charge is 0.457 e. The molecule has 0 aliphatic rings. The molecule has 0 saturated carbocycles. The Kier molecular flexibility index (Phi) is 28.2. The van der Waals surface area contributed by atoms with Gasteiger partial charge in [0.25, 0.3) is 0 Å². The zero-order valence-corrected chi connectivity index (χ0v) is 26.0. The second-order valence-electron chi connectivity index (χ2n) is 10.3. The summed E-state index contributed by atoms with van der Waals surface area (Å²) in [5, 5.41) is 0. The van der Waals surface area contributed by atoms with Crippen LogP contribution < -0.4 is 5.73 Å². The number of phosphoric acid groups is 1. The van der Waals surface area contributed by atoms with E-state index >= 15 is 0 Å². The van der Waals surface area contributed by atoms with Gasteiger partial charge >= 0.3 is 13.8 Å². The molecule has 9 heteroatoms. The number of ether oxygens (including phenoxy) is 2. The lowest BCUT2D eigenvalue weighted by molar-refractivity contribution is -0.154. The molecule has 3 N–H and O–H groups in total. The molecular weight excluding hydrogens is 517 g/mol. The molecule has 0 heterocycles. The molecule has 39 heavy (non-hydrogen) atoms. The van der Waals surface area contributed by atoms with E-state index in [9.17, 15) is 14.3 Å². The Morgan fingerprint density at radius 3 is 1.92 bits per heavy atom. The van der Waals surface area contributed by atoms with Gasteiger partial charge in [-0.25, -0.2) is 4.57 Å². The first kappa shape index (κ1) is 38.2. The summed E-state index contributed by atoms with van der Waals surface area (Å²) >= 11 is 0. The number of allylic oxidation sites excluding steroid dienone is 2. The third-order valence-electron chi connectivity index (χ3n) is 6.43. The molecule has 0 aliphatic heterocycles. The number of hydrogen-bond donors (Lipinski definition) is 2. The van der Waals surface area contributed by atoms with Crippen LogP contribution in [0.4, 0.5) is 0 Å². The fourth-order valence-electron chi connectivity index (χ4n) is 4.11. The maximum Gasteiger partial charge on any atom is 0.472 e. The van der Waals surface area contributed by atoms with Crippen molar-refractivity contribution in [1.82, 2.24) is 0 Å². The highest BCUT2D eigenvalue weighted by molar-refractivity contribution is 7.47. The standard InChI is InChI=1S/C30H60NO7P/c1-3-5-7-9-11-12-13-14-15-16-18-20-22-25-35-27-29(28-37-39(33,34)36-26-24-31)38-30(32)23-21-19-17-10-8-6-4-2/h11-12,29H,3-10,13-28,31H2,1-2H3,(H,33,34)/b12-11-. The molecule has 0 fully saturated rings. The van der Waals surface area contributed by atoms with Crippen LogP contribution in [0.1, 0.15) is 136 Å². The summed E-state index contributed by atoms with van der Waals surface area (Å²) in [5.41, 5.74) is 5.31. The largest absolute Gasteiger partial charge is 0.472 e. The first-order valence-corrected chi connectivity index (χ1v) is 17.2. The van der Waals surface area contributed by atoms with Crippen LogP contribution in [0.15, 0.2) is 12.2 Å². The average Bonchev–Trinajstić information content (AvgIpc) is 2.92. The van der Waals surface area contributed by atoms with Gasteiger partial charge in [-0.3, -0.25) is 13.8 Å². The summed E-state index contributed by atoms with van der Waals surface area (Å²) in [4.78, 5) is 22.1. The molecule has 0 radical (unpaired) electrons. The van der Waals surface area contributed by atoms with E-state index in [0.29, 0.717) is 13.0 Å². The molecule has 0 aromatic carbocycles. The Balaban J connectivity index is 4.13. The highest BCUT2D eigenvalue weighted by Crippen LogP contribution is 2.43. The van der Waals surface area contributed by atoms with E-state index < -0.39 is 13.9 Å². The highest BCUT2D eigenvalue weighted by Gasteiger charge is 2.25. The van der Waals surface area contributed by atoms with Gasteiger partial charge in [0.1, 0.15) is 6.10 Å². The van der Waals surface area contributed by atoms with Crippen LogP contribution in [0.5, 0.6) is 0 Å². The third-order valence-corrected chi connectivity index (χ3v) is 7.42. The second kappa shape index (κ2) is 28.8. The first-order valence-electron chi connectivity index (χ1n) is 15.7. The molecule has 0 aromatic heterocycles. The number of phosphoric ester groups is 1. The molecule has 0 bridgehead atoms. The molecule has 0 saturated heterocycles. The van der Waals surface area contributed by atoms with E-state index in [1.807, 2.05) is 0 Å². The van der Waals surface area contributed by atoms with Crippen molar-refractivity contribution in [2.75, 3.05) is 33.0 Å². The first-order chi connectivity index (χ1) is 18.9. The van der Waals surface area contributed by atoms with Gasteiger partial charge in [0, 0.05) is 19.6 Å². The van der Waals surface area contributed by atoms with Crippen molar-refractivity contribution in [3.63, 3.8) is 0 Å². The van der Waals surface area contributed by atoms with Crippen molar-refractivity contribution >= 4 is 13.8 Å². The van der Waals surface area contributed by atoms with Gasteiger partial charge < -0.3 is 20.1 Å². The van der Waals surface area contributed by atoms with Crippen molar-refractivity contribution in [1.29, 1.82) is 0 Å². The van der Waals surface area contributed by atoms with Gasteiger partial charge in [0.2, 0.25) is 0 Å². The summed E-state index contributed by atoms with van der Waals surface area (Å²) in [7, 11) is -4.25. The molecule has 2 atom stereocenters. The zero-order valence-electron chi connectivity index (χ0n) is 25.1. The van der Waals surface area contributed by atoms with Crippen LogP contribution >= 0.6 is 7.82 Å². The fourth-order valence-corrected chi connectivity index (χ4v) is 4.87. The van der Waals surface area contributed by atoms with Gasteiger partial charge in [0.05, 0.1) is 19.8 Å². The number of nitrogens with two attached hydrogens (primary N) is 1. The van der Waals surface area contributed by atoms with E-state index in [4.69, 9.17) is 24.3 Å². The minimum absolute atomic E-state index is 0.0945. The molecule has 0 amide bonds. The lowest BCUT2D eigenvalue weighted by Crippen LogP contribution is -2.28. The van der Waals surface area contributed by atoms with Crippen LogP contribution in [-0.4, -0.2) is 49.9 Å². The van der Waals surface area contributed by atoms with Gasteiger partial charge in [-0.1, -0.05) is 103 Å². The minimum Gasteiger partial charge on any atom is -0.457 e. The van der Waals surface area contributed by atoms with Crippen molar-refractivity contribution < 1.29 is 32.8 Å². The van der Waals surface area contributed by atoms with E-state index in [-0.39, 0.29) is 32.3 Å². The lowest BCUT2D eigenvalue weighted by atomic mass is 10.1. The summed E-state index contributed by atoms with van der Waals surface area (Å²) in [6.45, 7) is 4.83. The number of esters is 1. The molecule has 0 aromatic rings. The molecule has 2 unspecified atom stereocenters. The molecule has 0 spiro atoms. The Morgan fingerprint density at radius 2 is 1.28 bits per heavy atom. The van der Waals surface area contributed by atoms with Crippen LogP contribution in [0.2, 0.25) is 0 Å². The predicted octanol–water partition coefficient (Wildman–Crippen LogP) is 8.02. The van der Waals surface area contributed by atoms with Crippen LogP contribution in [0.25, 0.3) is 0 Å². The molecule has 0 rings (SSSR count). The number of carbonyl (C=O) groups excluding carboxylic acids is 1. The van der Waals surface area contributed by atoms with Crippen molar-refractivity contribution in [3.8, 4) is 0 Å². The summed E-state index contributed by atoms with van der Waals surface area (Å²) in [6, 6.07) is 0. The Morgan fingerprint density at radius 1 is 0.744 bits per heavy atom. The normalized spacial score (nSPS) is 14.1. The maximum absolute atomic E-state index is 12.3. The lowest BCUT2D eigenvalue weighted by Gasteiger charge is -2.20. The zero-order chi connectivity index (χ0) is 28.9. The van der Waals surface area contributed by atoms with Crippen molar-refractivity contribution in [2.45, 2.75) is 142 Å². The predicted molar refractivity (Wildman–Crippen MR) is 160 cm³/mol. The Bertz CT molecular complexity index is 618. The fraction of sp³-hybridized carbons (Fsp3) is 0.900. The molecular formula is C30H60NO7P. The Hall–Kier alpha value is -0.760. The van der Waals surface area contributed by atoms with Crippen LogP contribution in [-0.2, 0) is 27.9 Å². The third kappa shape index (κ3) is 28.6. The average molecular weight is 578 g/mol. The summed E-state index contributed by atoms with van der Waals surface area (Å²) in [5.74, 6) is -0.341. The number of hydrogen-bond acceptors (Lipinski definition) is 7. The molecule has 0 aliphatic carbocycles. The van der Waals surface area contributed by atoms with Gasteiger partial charge in [-0.15, -0.1) is 0 Å². The van der Waals surface area contributed by atoms with Gasteiger partial charge in [0.15, 0.2) is 0 Å². The van der Waals surface area contributed by atoms with E-state index in [2.05, 4.69) is 26.0 Å². The van der Waals surface area contributed by atoms with Crippen molar-refractivity contribution in [3.05, 3.63) is 12.2 Å². The minimum atomic E-state index is -4.25. The van der Waals surface area contributed by atoms with E-state index in [1.54, 1.807) is 0 Å². The van der Waals surface area contributed by atoms with E-state index in [1.165, 1.54) is 83.5 Å². The quantitative estimate of drug-likeness (QED) is 0.0381. The second-order valence-corrected chi connectivity index (χ2v) is 11.8. The van der Waals surface area contributed by atoms with Gasteiger partial charge in [-0.05, 0) is 38.5 Å². The summed E-state index contributed by atoms with van der Waals surface area (Å²) < 4.78 is 33.0. The number of unbranched alkanes of at least 4 members (excludes halogenated alkanes) is 15. The van der Waals surface area contributed by atoms with Crippen LogP contribution in [0.3, 0.4) is 0 Å². The monoisotopic (exact) mass is 577 g/mol. The number of carbonyl (C=O) groups is 1. The van der Waals surface area contributed by atoms with Crippen LogP contribution in [0, 0.1) is 0 Å². The maximum atomic E-state index is 12.3. The summed E-state index contributed by atoms with van der Waals surface area (Å²) in [6.07, 6.45) is 25.2. The van der Waals surface area contributed by atoms with E-state index in [0.717, 1.165) is 32.1 Å². The molecule has 232 valence electrons. The number of rotatable bonds is 30. The topological polar surface area (TPSA) is 117 Å². The van der Waals surface area contributed by atoms with Crippen molar-refractivity contribution in [2.24, 2.45) is 5.73 Å². The molecule has 8 nitrogen and oxygen atoms in total.